The number of aromatic nitrogens is 1. The summed E-state index contributed by atoms with van der Waals surface area (Å²) in [5, 5.41) is 8.74. The van der Waals surface area contributed by atoms with E-state index in [2.05, 4.69) is 72.1 Å². The van der Waals surface area contributed by atoms with Crippen LogP contribution in [0, 0.1) is 0 Å². The lowest BCUT2D eigenvalue weighted by molar-refractivity contribution is 1.43. The number of aliphatic imine (C=N–C) groups is 3. The molecule has 0 amide bonds. The Balaban J connectivity index is 0.000000239. The van der Waals surface area contributed by atoms with Gasteiger partial charge in [0.2, 0.25) is 0 Å². The van der Waals surface area contributed by atoms with Gasteiger partial charge in [-0.3, -0.25) is 4.98 Å². The molecule has 7 nitrogen and oxygen atoms in total. The van der Waals surface area contributed by atoms with Crippen LogP contribution in [0.3, 0.4) is 0 Å². The van der Waals surface area contributed by atoms with E-state index in [4.69, 9.17) is 17.2 Å². The van der Waals surface area contributed by atoms with E-state index < -0.39 is 0 Å². The third-order valence-corrected chi connectivity index (χ3v) is 4.35. The number of thiazole rings is 1. The van der Waals surface area contributed by atoms with Gasteiger partial charge in [-0.05, 0) is 109 Å². The van der Waals surface area contributed by atoms with E-state index in [1.54, 1.807) is 95.8 Å². The number of isothiocyanates is 3. The molecule has 0 aliphatic rings. The molecule has 0 saturated heterocycles. The van der Waals surface area contributed by atoms with Crippen LogP contribution in [0.15, 0.2) is 105 Å². The van der Waals surface area contributed by atoms with Gasteiger partial charge in [0.25, 0.3) is 0 Å². The van der Waals surface area contributed by atoms with E-state index in [-0.39, 0.29) is 0 Å². The fourth-order valence-electron chi connectivity index (χ4n) is 1.98. The van der Waals surface area contributed by atoms with Crippen molar-refractivity contribution in [2.75, 3.05) is 17.2 Å². The van der Waals surface area contributed by atoms with Crippen molar-refractivity contribution in [2.45, 2.75) is 0 Å². The van der Waals surface area contributed by atoms with Crippen LogP contribution in [-0.4, -0.2) is 20.5 Å². The van der Waals surface area contributed by atoms with E-state index in [1.807, 2.05) is 5.38 Å². The average molecular weight is 536 g/mol. The maximum atomic E-state index is 5.43. The Labute approximate surface area is 223 Å². The smallest absolute Gasteiger partial charge is 0.0791 e. The van der Waals surface area contributed by atoms with Crippen LogP contribution in [0.1, 0.15) is 0 Å². The zero-order chi connectivity index (χ0) is 25.7. The number of anilines is 3. The van der Waals surface area contributed by atoms with Crippen molar-refractivity contribution in [3.63, 3.8) is 0 Å². The average Bonchev–Trinajstić information content (AvgIpc) is 3.45. The monoisotopic (exact) mass is 535 g/mol. The lowest BCUT2D eigenvalue weighted by Gasteiger charge is -1.90. The van der Waals surface area contributed by atoms with Crippen LogP contribution in [-0.2, 0) is 0 Å². The van der Waals surface area contributed by atoms with Crippen LogP contribution >= 0.6 is 48.0 Å². The highest BCUT2D eigenvalue weighted by molar-refractivity contribution is 7.78. The minimum absolute atomic E-state index is 0.725. The maximum absolute atomic E-state index is 5.43. The van der Waals surface area contributed by atoms with Crippen molar-refractivity contribution in [1.29, 1.82) is 0 Å². The highest BCUT2D eigenvalue weighted by Gasteiger charge is 1.86. The van der Waals surface area contributed by atoms with Crippen LogP contribution in [0.5, 0.6) is 0 Å². The molecule has 0 radical (unpaired) electrons. The van der Waals surface area contributed by atoms with Crippen molar-refractivity contribution in [1.82, 2.24) is 4.98 Å². The zero-order valence-electron chi connectivity index (χ0n) is 18.3. The summed E-state index contributed by atoms with van der Waals surface area (Å²) in [5.41, 5.74) is 22.6. The first-order valence-electron chi connectivity index (χ1n) is 9.61. The van der Waals surface area contributed by atoms with Crippen LogP contribution < -0.4 is 17.2 Å². The highest BCUT2D eigenvalue weighted by Crippen LogP contribution is 2.14. The molecule has 11 heteroatoms. The fraction of sp³-hybridized carbons (Fsp3) is 0. The second-order valence-electron chi connectivity index (χ2n) is 6.06. The van der Waals surface area contributed by atoms with E-state index in [1.165, 1.54) is 0 Å². The fourth-order valence-corrected chi connectivity index (χ4v) is 2.65. The number of thiocarbonyl (C=S) groups is 3. The third-order valence-electron chi connectivity index (χ3n) is 3.55. The van der Waals surface area contributed by atoms with Gasteiger partial charge in [-0.2, -0.15) is 15.0 Å². The molecule has 35 heavy (non-hydrogen) atoms. The molecule has 1 heterocycles. The van der Waals surface area contributed by atoms with Gasteiger partial charge in [0.15, 0.2) is 0 Å². The summed E-state index contributed by atoms with van der Waals surface area (Å²) in [5.74, 6) is 0. The molecule has 0 atom stereocenters. The second kappa shape index (κ2) is 18.5. The largest absolute Gasteiger partial charge is 0.399 e. The summed E-state index contributed by atoms with van der Waals surface area (Å²) in [6, 6.07) is 21.3. The van der Waals surface area contributed by atoms with Crippen molar-refractivity contribution in [2.24, 2.45) is 15.0 Å². The van der Waals surface area contributed by atoms with E-state index in [9.17, 15) is 0 Å². The van der Waals surface area contributed by atoms with Gasteiger partial charge >= 0.3 is 0 Å². The van der Waals surface area contributed by atoms with Crippen molar-refractivity contribution in [3.05, 3.63) is 89.9 Å². The molecule has 0 spiro atoms. The first kappa shape index (κ1) is 29.1. The zero-order valence-corrected chi connectivity index (χ0v) is 21.6. The van der Waals surface area contributed by atoms with Crippen LogP contribution in [0.2, 0.25) is 0 Å². The number of benzene rings is 3. The van der Waals surface area contributed by atoms with Crippen molar-refractivity contribution >= 4 is 97.6 Å². The molecular weight excluding hydrogens is 515 g/mol. The minimum Gasteiger partial charge on any atom is -0.399 e. The molecule has 0 aliphatic carbocycles. The van der Waals surface area contributed by atoms with Gasteiger partial charge in [0.05, 0.1) is 38.1 Å². The van der Waals surface area contributed by atoms with Gasteiger partial charge in [-0.25, -0.2) is 0 Å². The molecule has 4 aromatic rings. The van der Waals surface area contributed by atoms with E-state index >= 15 is 0 Å². The van der Waals surface area contributed by atoms with Crippen molar-refractivity contribution in [3.8, 4) is 0 Å². The molecule has 0 aliphatic heterocycles. The standard InChI is InChI=1S/3C7H6N2S.C3H3NS/c3*8-6-1-3-7(4-2-6)9-5-10;1-2-5-3-4-1/h3*1-4H,8H2;1-3H. The second-order valence-corrected chi connectivity index (χ2v) is 7.36. The van der Waals surface area contributed by atoms with Gasteiger partial charge in [-0.1, -0.05) is 0 Å². The molecule has 0 fully saturated rings. The Hall–Kier alpha value is -3.91. The minimum atomic E-state index is 0.725. The van der Waals surface area contributed by atoms with Crippen LogP contribution in [0.4, 0.5) is 34.1 Å². The Morgan fingerprint density at radius 1 is 0.571 bits per heavy atom. The van der Waals surface area contributed by atoms with Gasteiger partial charge < -0.3 is 17.2 Å². The quantitative estimate of drug-likeness (QED) is 0.144. The topological polar surface area (TPSA) is 128 Å². The maximum Gasteiger partial charge on any atom is 0.0791 e. The van der Waals surface area contributed by atoms with Gasteiger partial charge in [0, 0.05) is 28.6 Å². The number of rotatable bonds is 3. The Morgan fingerprint density at radius 3 is 1.06 bits per heavy atom. The number of hydrogen-bond donors (Lipinski definition) is 3. The predicted octanol–water partition coefficient (Wildman–Crippen LogP) is 7.15. The molecule has 4 rings (SSSR count). The first-order valence-corrected chi connectivity index (χ1v) is 11.8. The number of hydrogen-bond acceptors (Lipinski definition) is 11. The summed E-state index contributed by atoms with van der Waals surface area (Å²) in [4.78, 5) is 15.0. The molecular formula is C24H21N7S4. The SMILES string of the molecule is Nc1ccc(N=C=S)cc1.Nc1ccc(N=C=S)cc1.Nc1ccc(N=C=S)cc1.c1cscn1. The first-order chi connectivity index (χ1) is 17.0. The molecule has 3 aromatic carbocycles. The highest BCUT2D eigenvalue weighted by atomic mass is 32.1. The Morgan fingerprint density at radius 2 is 0.886 bits per heavy atom. The molecule has 6 N–H and O–H groups in total. The number of nitrogens with zero attached hydrogens (tertiary/aromatic N) is 4. The van der Waals surface area contributed by atoms with Gasteiger partial charge in [-0.15, -0.1) is 11.3 Å². The summed E-state index contributed by atoms with van der Waals surface area (Å²) in [6.45, 7) is 0. The Kier molecular flexibility index (Phi) is 15.4. The number of nitrogens with two attached hydrogens (primary N) is 3. The summed E-state index contributed by atoms with van der Waals surface area (Å²) in [6.07, 6.45) is 1.77. The molecule has 0 saturated carbocycles. The summed E-state index contributed by atoms with van der Waals surface area (Å²) in [7, 11) is 0. The molecule has 0 unspecified atom stereocenters. The lowest BCUT2D eigenvalue weighted by Crippen LogP contribution is -1.80. The Bertz CT molecular complexity index is 1100. The van der Waals surface area contributed by atoms with Crippen molar-refractivity contribution < 1.29 is 0 Å². The molecule has 0 bridgehead atoms. The summed E-state index contributed by atoms with van der Waals surface area (Å²) < 4.78 is 0. The number of nitrogen functional groups attached to an aromatic ring is 3. The third kappa shape index (κ3) is 14.8. The molecule has 176 valence electrons. The van der Waals surface area contributed by atoms with E-state index in [0.29, 0.717) is 0 Å². The normalized spacial score (nSPS) is 8.34. The van der Waals surface area contributed by atoms with Gasteiger partial charge in [0.1, 0.15) is 0 Å². The van der Waals surface area contributed by atoms with Crippen LogP contribution in [0.25, 0.3) is 0 Å². The lowest BCUT2D eigenvalue weighted by atomic mass is 10.3. The molecule has 1 aromatic heterocycles. The predicted molar refractivity (Wildman–Crippen MR) is 159 cm³/mol. The summed E-state index contributed by atoms with van der Waals surface area (Å²) >= 11 is 14.9. The van der Waals surface area contributed by atoms with E-state index in [0.717, 1.165) is 34.1 Å².